The summed E-state index contributed by atoms with van der Waals surface area (Å²) in [7, 11) is 0. The summed E-state index contributed by atoms with van der Waals surface area (Å²) in [6, 6.07) is 72.9. The molecule has 1 spiro atoms. The highest BCUT2D eigenvalue weighted by atomic mass is 15.1. The molecule has 0 N–H and O–H groups in total. The smallest absolute Gasteiger partial charge is 0.0726 e. The van der Waals surface area contributed by atoms with Gasteiger partial charge in [-0.25, -0.2) is 0 Å². The van der Waals surface area contributed by atoms with E-state index in [4.69, 9.17) is 0 Å². The number of fused-ring (bicyclic) bond motifs is 13. The third kappa shape index (κ3) is 6.22. The number of hydrogen-bond donors (Lipinski definition) is 0. The molecule has 0 fully saturated rings. The molecule has 0 heterocycles. The fourth-order valence-electron chi connectivity index (χ4n) is 13.6. The van der Waals surface area contributed by atoms with Gasteiger partial charge in [-0.2, -0.15) is 0 Å². The van der Waals surface area contributed by atoms with Crippen LogP contribution in [0.2, 0.25) is 0 Å². The Labute approximate surface area is 415 Å². The van der Waals surface area contributed by atoms with E-state index in [0.717, 1.165) is 12.1 Å². The van der Waals surface area contributed by atoms with Gasteiger partial charge in [0.25, 0.3) is 0 Å². The number of anilines is 3. The lowest BCUT2D eigenvalue weighted by atomic mass is 9.63. The zero-order valence-corrected chi connectivity index (χ0v) is 42.2. The Morgan fingerprint density at radius 2 is 0.743 bits per heavy atom. The van der Waals surface area contributed by atoms with Crippen LogP contribution in [-0.4, -0.2) is 0 Å². The molecule has 70 heavy (non-hydrogen) atoms. The Hall–Kier alpha value is -6.96. The fourth-order valence-corrected chi connectivity index (χ4v) is 13.6. The minimum atomic E-state index is -0.484. The lowest BCUT2D eigenvalue weighted by molar-refractivity contribution is 0.332. The highest BCUT2D eigenvalue weighted by Gasteiger charge is 2.52. The Morgan fingerprint density at radius 3 is 1.34 bits per heavy atom. The molecule has 13 rings (SSSR count). The molecule has 4 aliphatic rings. The monoisotopic (exact) mass is 905 g/mol. The van der Waals surface area contributed by atoms with Gasteiger partial charge in [0.15, 0.2) is 0 Å². The van der Waals surface area contributed by atoms with Gasteiger partial charge in [0.1, 0.15) is 0 Å². The van der Waals surface area contributed by atoms with Crippen molar-refractivity contribution in [1.29, 1.82) is 0 Å². The Balaban J connectivity index is 1.12. The van der Waals surface area contributed by atoms with Crippen LogP contribution in [0.15, 0.2) is 188 Å². The maximum absolute atomic E-state index is 2.63. The van der Waals surface area contributed by atoms with Crippen LogP contribution in [0.1, 0.15) is 126 Å². The lowest BCUT2D eigenvalue weighted by Crippen LogP contribution is -2.34. The molecule has 0 aliphatic heterocycles. The summed E-state index contributed by atoms with van der Waals surface area (Å²) < 4.78 is 0. The number of nitrogens with zero attached hydrogens (tertiary/aromatic N) is 1. The molecule has 1 heteroatoms. The maximum Gasteiger partial charge on any atom is 0.0726 e. The van der Waals surface area contributed by atoms with Crippen molar-refractivity contribution in [2.45, 2.75) is 108 Å². The minimum Gasteiger partial charge on any atom is -0.310 e. The number of benzene rings is 9. The number of rotatable bonds is 5. The van der Waals surface area contributed by atoms with Gasteiger partial charge in [0, 0.05) is 16.9 Å². The topological polar surface area (TPSA) is 3.24 Å². The zero-order chi connectivity index (χ0) is 48.0. The first kappa shape index (κ1) is 43.1. The minimum absolute atomic E-state index is 0.0348. The second-order valence-electron chi connectivity index (χ2n) is 23.8. The van der Waals surface area contributed by atoms with Gasteiger partial charge in [0.05, 0.1) is 11.1 Å². The highest BCUT2D eigenvalue weighted by Crippen LogP contribution is 2.64. The van der Waals surface area contributed by atoms with E-state index in [-0.39, 0.29) is 21.7 Å². The van der Waals surface area contributed by atoms with E-state index in [2.05, 4.69) is 248 Å². The van der Waals surface area contributed by atoms with E-state index in [1.54, 1.807) is 0 Å². The van der Waals surface area contributed by atoms with Gasteiger partial charge in [-0.05, 0) is 184 Å². The molecule has 0 atom stereocenters. The second-order valence-corrected chi connectivity index (χ2v) is 23.8. The molecule has 0 aromatic heterocycles. The van der Waals surface area contributed by atoms with Crippen LogP contribution in [0.4, 0.5) is 17.1 Å². The maximum atomic E-state index is 2.63. The summed E-state index contributed by atoms with van der Waals surface area (Å²) in [5, 5.41) is 2.52. The van der Waals surface area contributed by atoms with E-state index in [1.807, 2.05) is 0 Å². The molecular weight excluding hydrogens is 843 g/mol. The predicted octanol–water partition coefficient (Wildman–Crippen LogP) is 18.7. The van der Waals surface area contributed by atoms with Crippen molar-refractivity contribution in [3.05, 3.63) is 233 Å². The van der Waals surface area contributed by atoms with Crippen molar-refractivity contribution in [2.75, 3.05) is 4.90 Å². The molecule has 0 unspecified atom stereocenters. The van der Waals surface area contributed by atoms with Gasteiger partial charge in [-0.15, -0.1) is 0 Å². The number of hydrogen-bond acceptors (Lipinski definition) is 1. The quantitative estimate of drug-likeness (QED) is 0.166. The summed E-state index contributed by atoms with van der Waals surface area (Å²) in [4.78, 5) is 2.62. The van der Waals surface area contributed by atoms with E-state index >= 15 is 0 Å². The Morgan fingerprint density at radius 1 is 0.286 bits per heavy atom. The van der Waals surface area contributed by atoms with Crippen molar-refractivity contribution in [2.24, 2.45) is 0 Å². The first-order chi connectivity index (χ1) is 33.7. The van der Waals surface area contributed by atoms with Crippen LogP contribution >= 0.6 is 0 Å². The van der Waals surface area contributed by atoms with Crippen molar-refractivity contribution < 1.29 is 0 Å². The second kappa shape index (κ2) is 15.0. The third-order valence-electron chi connectivity index (χ3n) is 17.8. The van der Waals surface area contributed by atoms with Gasteiger partial charge >= 0.3 is 0 Å². The van der Waals surface area contributed by atoms with Crippen LogP contribution < -0.4 is 4.90 Å². The largest absolute Gasteiger partial charge is 0.310 e. The fraction of sp³-hybridized carbons (Fsp3) is 0.246. The molecule has 0 radical (unpaired) electrons. The standard InChI is InChI=1S/C69H63N/c1-65(2)35-37-67(5,6)62-40-48(29-33-59(62)65)54-42-55-53-21-13-16-24-58(53)69(56-22-14-11-19-51(56)52-20-12-15-23-57(52)69)61(55)43-64(54)70(50-32-34-60-63(41-50)68(7,8)38-36-66(60,3)4)49-30-27-45(28-31-49)47-26-25-44-17-9-10-18-46(44)39-47/h9-34,39-43H,35-38H2,1-8H3. The van der Waals surface area contributed by atoms with Gasteiger partial charge in [-0.3, -0.25) is 0 Å². The summed E-state index contributed by atoms with van der Waals surface area (Å²) in [6.07, 6.45) is 4.69. The zero-order valence-electron chi connectivity index (χ0n) is 42.2. The molecular formula is C69H63N. The van der Waals surface area contributed by atoms with Crippen LogP contribution in [0.5, 0.6) is 0 Å². The molecule has 0 saturated carbocycles. The molecule has 9 aromatic carbocycles. The molecule has 0 amide bonds. The predicted molar refractivity (Wildman–Crippen MR) is 296 cm³/mol. The van der Waals surface area contributed by atoms with Crippen molar-refractivity contribution in [1.82, 2.24) is 0 Å². The average Bonchev–Trinajstić information content (AvgIpc) is 3.83. The van der Waals surface area contributed by atoms with E-state index < -0.39 is 5.41 Å². The summed E-state index contributed by atoms with van der Waals surface area (Å²) >= 11 is 0. The normalized spacial score (nSPS) is 17.8. The van der Waals surface area contributed by atoms with E-state index in [9.17, 15) is 0 Å². The average molecular weight is 906 g/mol. The SMILES string of the molecule is CC1(C)CCC(C)(C)c2cc(-c3cc4c(cc3N(c3ccc(-c5ccc6ccccc6c5)cc3)c3ccc5c(c3)C(C)(C)CCC5(C)C)C3(c5ccccc5-c5ccccc53)c3ccccc3-4)ccc21. The summed E-state index contributed by atoms with van der Waals surface area (Å²) in [5.74, 6) is 0. The Kier molecular flexibility index (Phi) is 9.25. The van der Waals surface area contributed by atoms with Crippen LogP contribution in [0.25, 0.3) is 55.3 Å². The van der Waals surface area contributed by atoms with Gasteiger partial charge in [-0.1, -0.05) is 201 Å². The van der Waals surface area contributed by atoms with E-state index in [0.29, 0.717) is 0 Å². The van der Waals surface area contributed by atoms with Crippen molar-refractivity contribution in [3.63, 3.8) is 0 Å². The van der Waals surface area contributed by atoms with Gasteiger partial charge < -0.3 is 4.90 Å². The molecule has 0 bridgehead atoms. The summed E-state index contributed by atoms with van der Waals surface area (Å²) in [6.45, 7) is 19.6. The molecule has 1 nitrogen and oxygen atoms in total. The molecule has 4 aliphatic carbocycles. The van der Waals surface area contributed by atoms with Crippen molar-refractivity contribution >= 4 is 27.8 Å². The first-order valence-corrected chi connectivity index (χ1v) is 25.8. The lowest BCUT2D eigenvalue weighted by Gasteiger charge is -2.43. The summed E-state index contributed by atoms with van der Waals surface area (Å²) in [5.41, 5.74) is 24.9. The van der Waals surface area contributed by atoms with Crippen LogP contribution in [0, 0.1) is 0 Å². The third-order valence-corrected chi connectivity index (χ3v) is 17.8. The van der Waals surface area contributed by atoms with Crippen molar-refractivity contribution in [3.8, 4) is 44.5 Å². The molecule has 9 aromatic rings. The first-order valence-electron chi connectivity index (χ1n) is 25.8. The molecule has 344 valence electrons. The van der Waals surface area contributed by atoms with E-state index in [1.165, 1.54) is 130 Å². The van der Waals surface area contributed by atoms with Gasteiger partial charge in [0.2, 0.25) is 0 Å². The highest BCUT2D eigenvalue weighted by molar-refractivity contribution is 6.00. The van der Waals surface area contributed by atoms with Crippen LogP contribution in [0.3, 0.4) is 0 Å². The Bertz CT molecular complexity index is 3570. The van der Waals surface area contributed by atoms with Crippen LogP contribution in [-0.2, 0) is 27.1 Å². The molecule has 0 saturated heterocycles.